The van der Waals surface area contributed by atoms with Crippen LogP contribution in [-0.4, -0.2) is 104 Å². The van der Waals surface area contributed by atoms with E-state index < -0.39 is 82.9 Å². The van der Waals surface area contributed by atoms with Crippen LogP contribution in [-0.2, 0) is 36.5 Å². The van der Waals surface area contributed by atoms with Gasteiger partial charge in [0.05, 0.1) is 17.8 Å². The topological polar surface area (TPSA) is 192 Å². The molecule has 2 aliphatic heterocycles. The van der Waals surface area contributed by atoms with Crippen LogP contribution in [0.15, 0.2) is 24.3 Å². The third kappa shape index (κ3) is 8.91. The number of rotatable bonds is 10. The van der Waals surface area contributed by atoms with Crippen molar-refractivity contribution < 1.29 is 52.1 Å². The Morgan fingerprint density at radius 2 is 1.57 bits per heavy atom. The number of nitrogens with two attached hydrogens (primary N) is 1. The molecule has 5 amide bonds. The van der Waals surface area contributed by atoms with Gasteiger partial charge in [-0.3, -0.25) is 19.2 Å². The number of alkyl carbamates (subject to hydrolysis) is 1. The highest BCUT2D eigenvalue weighted by atomic mass is 19.4. The van der Waals surface area contributed by atoms with Crippen LogP contribution in [0.25, 0.3) is 0 Å². The average Bonchev–Trinajstić information content (AvgIpc) is 3.60. The lowest BCUT2D eigenvalue weighted by atomic mass is 9.85. The van der Waals surface area contributed by atoms with Crippen molar-refractivity contribution in [2.75, 3.05) is 13.1 Å². The van der Waals surface area contributed by atoms with Gasteiger partial charge in [-0.05, 0) is 78.0 Å². The number of benzene rings is 1. The largest absolute Gasteiger partial charge is 0.444 e. The Morgan fingerprint density at radius 1 is 0.979 bits per heavy atom. The van der Waals surface area contributed by atoms with Gasteiger partial charge < -0.3 is 41.1 Å². The molecule has 16 heteroatoms. The molecule has 2 saturated heterocycles. The first kappa shape index (κ1) is 37.5. The second-order valence-electron chi connectivity index (χ2n) is 13.1. The van der Waals surface area contributed by atoms with Gasteiger partial charge >= 0.3 is 12.3 Å². The number of likely N-dealkylation sites (tertiary alicyclic amines) is 2. The fourth-order valence-corrected chi connectivity index (χ4v) is 6.02. The fraction of sp³-hybridized carbons (Fsp3) is 0.645. The predicted molar refractivity (Wildman–Crippen MR) is 161 cm³/mol. The van der Waals surface area contributed by atoms with Crippen LogP contribution in [0.5, 0.6) is 0 Å². The van der Waals surface area contributed by atoms with E-state index in [1.807, 2.05) is 0 Å². The van der Waals surface area contributed by atoms with Crippen molar-refractivity contribution in [2.45, 2.75) is 114 Å². The summed E-state index contributed by atoms with van der Waals surface area (Å²) < 4.78 is 45.0. The summed E-state index contributed by atoms with van der Waals surface area (Å²) in [6.07, 6.45) is -7.64. The van der Waals surface area contributed by atoms with Crippen LogP contribution in [0.4, 0.5) is 18.0 Å². The van der Waals surface area contributed by atoms with E-state index in [1.165, 1.54) is 35.8 Å². The first-order chi connectivity index (χ1) is 21.7. The van der Waals surface area contributed by atoms with Crippen molar-refractivity contribution in [3.8, 4) is 0 Å². The van der Waals surface area contributed by atoms with Crippen LogP contribution in [0, 0.1) is 0 Å². The lowest BCUT2D eigenvalue weighted by Gasteiger charge is -2.41. The highest BCUT2D eigenvalue weighted by Gasteiger charge is 2.53. The number of aliphatic hydroxyl groups is 2. The minimum atomic E-state index is -4.60. The molecule has 6 atom stereocenters. The van der Waals surface area contributed by atoms with Crippen molar-refractivity contribution in [2.24, 2.45) is 5.73 Å². The van der Waals surface area contributed by atoms with Crippen LogP contribution in [0.3, 0.4) is 0 Å². The number of aliphatic hydroxyl groups excluding tert-OH is 2. The molecule has 3 rings (SSSR count). The molecule has 13 nitrogen and oxygen atoms in total. The number of hydrogen-bond acceptors (Lipinski definition) is 8. The lowest BCUT2D eigenvalue weighted by molar-refractivity contribution is -0.153. The van der Waals surface area contributed by atoms with Gasteiger partial charge in [0.1, 0.15) is 29.3 Å². The molecule has 2 heterocycles. The Hall–Kier alpha value is -3.92. The minimum absolute atomic E-state index is 0.0390. The molecule has 6 N–H and O–H groups in total. The average molecular weight is 672 g/mol. The van der Waals surface area contributed by atoms with E-state index in [0.29, 0.717) is 12.8 Å². The van der Waals surface area contributed by atoms with E-state index in [9.17, 15) is 47.4 Å². The highest BCUT2D eigenvalue weighted by molar-refractivity contribution is 5.98. The third-order valence-electron chi connectivity index (χ3n) is 8.27. The molecular formula is C31H44F3N5O8. The van der Waals surface area contributed by atoms with Gasteiger partial charge in [0.2, 0.25) is 23.6 Å². The van der Waals surface area contributed by atoms with Crippen molar-refractivity contribution in [3.05, 3.63) is 35.4 Å². The van der Waals surface area contributed by atoms with Crippen LogP contribution in [0.1, 0.15) is 71.4 Å². The molecule has 0 spiro atoms. The molecule has 2 fully saturated rings. The number of primary amides is 1. The fourth-order valence-electron chi connectivity index (χ4n) is 6.02. The molecule has 0 radical (unpaired) electrons. The second kappa shape index (κ2) is 14.5. The summed E-state index contributed by atoms with van der Waals surface area (Å²) in [5, 5.41) is 25.3. The molecule has 47 heavy (non-hydrogen) atoms. The summed E-state index contributed by atoms with van der Waals surface area (Å²) in [6, 6.07) is 0.00925. The number of ether oxygens (including phenoxy) is 1. The van der Waals surface area contributed by atoms with E-state index in [-0.39, 0.29) is 37.9 Å². The molecule has 262 valence electrons. The second-order valence-corrected chi connectivity index (χ2v) is 13.1. The summed E-state index contributed by atoms with van der Waals surface area (Å²) in [6.45, 7) is 7.54. The Bertz CT molecular complexity index is 1330. The third-order valence-corrected chi connectivity index (χ3v) is 8.27. The Kier molecular flexibility index (Phi) is 11.5. The summed E-state index contributed by atoms with van der Waals surface area (Å²) in [5.41, 5.74) is 2.16. The SMILES string of the molecule is C[C@@H](O)[C@H](NC(=O)[C@]1(Cc2ccc(C(F)(F)F)cc2)CCCN1C(=O)[C@@H]1CCCN1C(=O)[C@@H](NC(=O)OC(C)(C)C)[C@@H](C)O)C(N)=O. The molecule has 1 aromatic rings. The molecule has 0 saturated carbocycles. The molecule has 1 aromatic carbocycles. The lowest BCUT2D eigenvalue weighted by Crippen LogP contribution is -2.65. The van der Waals surface area contributed by atoms with Gasteiger partial charge in [0.25, 0.3) is 0 Å². The number of halogens is 3. The first-order valence-electron chi connectivity index (χ1n) is 15.4. The minimum Gasteiger partial charge on any atom is -0.444 e. The van der Waals surface area contributed by atoms with E-state index in [2.05, 4.69) is 10.6 Å². The van der Waals surface area contributed by atoms with Crippen molar-refractivity contribution in [1.29, 1.82) is 0 Å². The van der Waals surface area contributed by atoms with Gasteiger partial charge in [-0.25, -0.2) is 4.79 Å². The predicted octanol–water partition coefficient (Wildman–Crippen LogP) is 1.23. The maximum atomic E-state index is 14.3. The van der Waals surface area contributed by atoms with Gasteiger partial charge in [-0.2, -0.15) is 13.2 Å². The summed E-state index contributed by atoms with van der Waals surface area (Å²) >= 11 is 0. The maximum Gasteiger partial charge on any atom is 0.416 e. The highest BCUT2D eigenvalue weighted by Crippen LogP contribution is 2.37. The quantitative estimate of drug-likeness (QED) is 0.245. The zero-order valence-corrected chi connectivity index (χ0v) is 27.1. The van der Waals surface area contributed by atoms with E-state index in [4.69, 9.17) is 10.5 Å². The normalized spacial score (nSPS) is 22.6. The monoisotopic (exact) mass is 671 g/mol. The number of alkyl halides is 3. The van der Waals surface area contributed by atoms with E-state index >= 15 is 0 Å². The summed E-state index contributed by atoms with van der Waals surface area (Å²) in [7, 11) is 0. The number of amides is 5. The van der Waals surface area contributed by atoms with Gasteiger partial charge in [-0.15, -0.1) is 0 Å². The molecule has 0 aromatic heterocycles. The molecular weight excluding hydrogens is 627 g/mol. The number of nitrogens with zero attached hydrogens (tertiary/aromatic N) is 2. The van der Waals surface area contributed by atoms with Gasteiger partial charge in [-0.1, -0.05) is 12.1 Å². The maximum absolute atomic E-state index is 14.3. The van der Waals surface area contributed by atoms with E-state index in [1.54, 1.807) is 20.8 Å². The Labute approximate surface area is 271 Å². The van der Waals surface area contributed by atoms with E-state index in [0.717, 1.165) is 12.1 Å². The van der Waals surface area contributed by atoms with Crippen LogP contribution < -0.4 is 16.4 Å². The van der Waals surface area contributed by atoms with Gasteiger partial charge in [0.15, 0.2) is 0 Å². The van der Waals surface area contributed by atoms with Crippen LogP contribution >= 0.6 is 0 Å². The summed E-state index contributed by atoms with van der Waals surface area (Å²) in [5.74, 6) is -3.27. The number of nitrogens with one attached hydrogen (secondary N) is 2. The molecule has 2 aliphatic rings. The number of carbonyl (C=O) groups excluding carboxylic acids is 5. The van der Waals surface area contributed by atoms with Crippen LogP contribution in [0.2, 0.25) is 0 Å². The Morgan fingerprint density at radius 3 is 2.09 bits per heavy atom. The molecule has 0 unspecified atom stereocenters. The smallest absolute Gasteiger partial charge is 0.416 e. The summed E-state index contributed by atoms with van der Waals surface area (Å²) in [4.78, 5) is 69.0. The standard InChI is InChI=1S/C31H44F3N5O8/c1-17(40)22(24(35)42)36-27(45)30(16-19-9-11-20(12-10-19)31(32,33)34)13-7-15-39(30)25(43)21-8-6-14-38(21)26(44)23(18(2)41)37-28(46)47-29(3,4)5/h9-12,17-18,21-23,40-41H,6-8,13-16H2,1-5H3,(H2,35,42)(H,36,45)(H,37,46)/t17-,18-,21+,22+,23+,30-/m1/s1. The van der Waals surface area contributed by atoms with Crippen molar-refractivity contribution >= 4 is 29.7 Å². The van der Waals surface area contributed by atoms with Crippen molar-refractivity contribution in [1.82, 2.24) is 20.4 Å². The Balaban J connectivity index is 1.97. The van der Waals surface area contributed by atoms with Crippen molar-refractivity contribution in [3.63, 3.8) is 0 Å². The first-order valence-corrected chi connectivity index (χ1v) is 15.4. The van der Waals surface area contributed by atoms with Gasteiger partial charge in [0, 0.05) is 19.5 Å². The number of carbonyl (C=O) groups is 5. The molecule has 0 aliphatic carbocycles. The zero-order chi connectivity index (χ0) is 35.5. The zero-order valence-electron chi connectivity index (χ0n) is 27.1. The molecule has 0 bridgehead atoms. The number of hydrogen-bond donors (Lipinski definition) is 5.